The van der Waals surface area contributed by atoms with Gasteiger partial charge in [0, 0.05) is 0 Å². The maximum Gasteiger partial charge on any atom is 0.573 e. The molecule has 0 spiro atoms. The maximum atomic E-state index is 12.3. The van der Waals surface area contributed by atoms with Crippen molar-refractivity contribution in [2.24, 2.45) is 0 Å². The van der Waals surface area contributed by atoms with Crippen LogP contribution in [0.5, 0.6) is 11.5 Å². The SMILES string of the molecule is C[C@@H](c1ccccc1)n1c(COc2ccc(OC(F)(F)F)cc2)nc2ccc(C#N)cc21. The molecular weight excluding hydrogens is 419 g/mol. The topological polar surface area (TPSA) is 60.1 Å². The van der Waals surface area contributed by atoms with Gasteiger partial charge in [-0.3, -0.25) is 0 Å². The lowest BCUT2D eigenvalue weighted by Gasteiger charge is -2.18. The van der Waals surface area contributed by atoms with Gasteiger partial charge in [0.05, 0.1) is 28.7 Å². The van der Waals surface area contributed by atoms with Crippen LogP contribution in [0.2, 0.25) is 0 Å². The molecule has 0 saturated heterocycles. The Hall–Kier alpha value is -3.99. The average Bonchev–Trinajstić information content (AvgIpc) is 3.15. The summed E-state index contributed by atoms with van der Waals surface area (Å²) < 4.78 is 48.7. The molecule has 0 bridgehead atoms. The predicted octanol–water partition coefficient (Wildman–Crippen LogP) is 5.99. The predicted molar refractivity (Wildman–Crippen MR) is 112 cm³/mol. The van der Waals surface area contributed by atoms with Crippen LogP contribution in [0.25, 0.3) is 11.0 Å². The lowest BCUT2D eigenvalue weighted by atomic mass is 10.1. The Morgan fingerprint density at radius 3 is 2.34 bits per heavy atom. The highest BCUT2D eigenvalue weighted by atomic mass is 19.4. The first-order chi connectivity index (χ1) is 15.3. The number of benzene rings is 3. The van der Waals surface area contributed by atoms with Crippen molar-refractivity contribution in [1.82, 2.24) is 9.55 Å². The van der Waals surface area contributed by atoms with Gasteiger partial charge in [-0.15, -0.1) is 13.2 Å². The summed E-state index contributed by atoms with van der Waals surface area (Å²) in [5, 5.41) is 9.31. The number of ether oxygens (including phenoxy) is 2. The van der Waals surface area contributed by atoms with E-state index < -0.39 is 6.36 Å². The third-order valence-corrected chi connectivity index (χ3v) is 4.99. The largest absolute Gasteiger partial charge is 0.573 e. The van der Waals surface area contributed by atoms with E-state index in [0.717, 1.165) is 16.6 Å². The molecule has 4 aromatic rings. The van der Waals surface area contributed by atoms with Crippen LogP contribution in [-0.4, -0.2) is 15.9 Å². The Morgan fingerprint density at radius 1 is 1.00 bits per heavy atom. The van der Waals surface area contributed by atoms with E-state index in [1.807, 2.05) is 41.8 Å². The normalized spacial score (nSPS) is 12.3. The van der Waals surface area contributed by atoms with Crippen LogP contribution in [0.3, 0.4) is 0 Å². The third-order valence-electron chi connectivity index (χ3n) is 4.99. The molecule has 4 rings (SSSR count). The molecule has 0 amide bonds. The number of aromatic nitrogens is 2. The molecule has 0 fully saturated rings. The summed E-state index contributed by atoms with van der Waals surface area (Å²) in [5.74, 6) is 0.684. The lowest BCUT2D eigenvalue weighted by molar-refractivity contribution is -0.274. The molecule has 8 heteroatoms. The summed E-state index contributed by atoms with van der Waals surface area (Å²) in [7, 11) is 0. The summed E-state index contributed by atoms with van der Waals surface area (Å²) in [6, 6.07) is 22.4. The second-order valence-electron chi connectivity index (χ2n) is 7.11. The fourth-order valence-corrected chi connectivity index (χ4v) is 3.51. The summed E-state index contributed by atoms with van der Waals surface area (Å²) in [6.45, 7) is 2.12. The standard InChI is InChI=1S/C24H18F3N3O2/c1-16(18-5-3-2-4-6-18)30-22-13-17(14-28)7-12-21(22)29-23(30)15-31-19-8-10-20(11-9-19)32-24(25,26)27/h2-13,16H,15H2,1H3/t16-/m0/s1. The minimum absolute atomic E-state index is 0.0868. The van der Waals surface area contributed by atoms with Crippen molar-refractivity contribution < 1.29 is 22.6 Å². The van der Waals surface area contributed by atoms with Gasteiger partial charge in [-0.2, -0.15) is 5.26 Å². The van der Waals surface area contributed by atoms with Gasteiger partial charge >= 0.3 is 6.36 Å². The molecule has 0 aliphatic carbocycles. The monoisotopic (exact) mass is 437 g/mol. The molecule has 1 atom stereocenters. The molecule has 0 radical (unpaired) electrons. The first-order valence-electron chi connectivity index (χ1n) is 9.78. The van der Waals surface area contributed by atoms with Crippen LogP contribution < -0.4 is 9.47 Å². The van der Waals surface area contributed by atoms with Gasteiger partial charge in [-0.25, -0.2) is 4.98 Å². The van der Waals surface area contributed by atoms with Crippen molar-refractivity contribution in [2.45, 2.75) is 25.9 Å². The zero-order chi connectivity index (χ0) is 22.7. The fraction of sp³-hybridized carbons (Fsp3) is 0.167. The van der Waals surface area contributed by atoms with Crippen LogP contribution in [-0.2, 0) is 6.61 Å². The zero-order valence-corrected chi connectivity index (χ0v) is 17.0. The van der Waals surface area contributed by atoms with Crippen LogP contribution in [0.4, 0.5) is 13.2 Å². The Morgan fingerprint density at radius 2 is 1.69 bits per heavy atom. The second-order valence-corrected chi connectivity index (χ2v) is 7.11. The first kappa shape index (κ1) is 21.2. The van der Waals surface area contributed by atoms with E-state index >= 15 is 0 Å². The van der Waals surface area contributed by atoms with E-state index in [0.29, 0.717) is 17.1 Å². The molecule has 0 aliphatic rings. The number of alkyl halides is 3. The first-order valence-corrected chi connectivity index (χ1v) is 9.78. The molecule has 0 N–H and O–H groups in total. The van der Waals surface area contributed by atoms with E-state index in [-0.39, 0.29) is 18.4 Å². The van der Waals surface area contributed by atoms with Gasteiger partial charge in [0.1, 0.15) is 23.9 Å². The summed E-state index contributed by atoms with van der Waals surface area (Å²) in [6.07, 6.45) is -4.75. The Labute approximate surface area is 182 Å². The third kappa shape index (κ3) is 4.67. The minimum atomic E-state index is -4.75. The van der Waals surface area contributed by atoms with Gasteiger partial charge < -0.3 is 14.0 Å². The van der Waals surface area contributed by atoms with Gasteiger partial charge in [0.25, 0.3) is 0 Å². The number of rotatable bonds is 6. The number of nitrogens with zero attached hydrogens (tertiary/aromatic N) is 3. The van der Waals surface area contributed by atoms with E-state index in [1.54, 1.807) is 18.2 Å². The number of hydrogen-bond donors (Lipinski definition) is 0. The number of hydrogen-bond acceptors (Lipinski definition) is 4. The molecule has 0 unspecified atom stereocenters. The van der Waals surface area contributed by atoms with Crippen molar-refractivity contribution in [1.29, 1.82) is 5.26 Å². The molecule has 3 aromatic carbocycles. The van der Waals surface area contributed by atoms with Crippen LogP contribution >= 0.6 is 0 Å². The van der Waals surface area contributed by atoms with E-state index in [9.17, 15) is 18.4 Å². The second kappa shape index (κ2) is 8.63. The van der Waals surface area contributed by atoms with Crippen LogP contribution in [0, 0.1) is 11.3 Å². The quantitative estimate of drug-likeness (QED) is 0.372. The summed E-state index contributed by atoms with van der Waals surface area (Å²) in [5.41, 5.74) is 3.10. The smallest absolute Gasteiger partial charge is 0.486 e. The fourth-order valence-electron chi connectivity index (χ4n) is 3.51. The highest BCUT2D eigenvalue weighted by Gasteiger charge is 2.31. The van der Waals surface area contributed by atoms with Gasteiger partial charge in [0.2, 0.25) is 0 Å². The molecule has 0 saturated carbocycles. The number of halogens is 3. The van der Waals surface area contributed by atoms with Crippen molar-refractivity contribution in [3.63, 3.8) is 0 Å². The molecule has 162 valence electrons. The van der Waals surface area contributed by atoms with Gasteiger partial charge in [-0.1, -0.05) is 30.3 Å². The molecule has 1 aromatic heterocycles. The lowest BCUT2D eigenvalue weighted by Crippen LogP contribution is -2.17. The molecule has 5 nitrogen and oxygen atoms in total. The zero-order valence-electron chi connectivity index (χ0n) is 17.0. The Kier molecular flexibility index (Phi) is 5.73. The Bertz CT molecular complexity index is 1260. The average molecular weight is 437 g/mol. The molecule has 32 heavy (non-hydrogen) atoms. The van der Waals surface area contributed by atoms with Crippen LogP contribution in [0.1, 0.15) is 29.9 Å². The van der Waals surface area contributed by atoms with Crippen molar-refractivity contribution in [3.05, 3.63) is 89.7 Å². The highest BCUT2D eigenvalue weighted by molar-refractivity contribution is 5.78. The van der Waals surface area contributed by atoms with E-state index in [1.165, 1.54) is 24.3 Å². The van der Waals surface area contributed by atoms with Crippen LogP contribution in [0.15, 0.2) is 72.8 Å². The Balaban J connectivity index is 1.64. The van der Waals surface area contributed by atoms with Gasteiger partial charge in [-0.05, 0) is 55.0 Å². The van der Waals surface area contributed by atoms with E-state index in [4.69, 9.17) is 4.74 Å². The van der Waals surface area contributed by atoms with Gasteiger partial charge in [0.15, 0.2) is 0 Å². The molecule has 0 aliphatic heterocycles. The summed E-state index contributed by atoms with van der Waals surface area (Å²) in [4.78, 5) is 4.67. The highest BCUT2D eigenvalue weighted by Crippen LogP contribution is 2.29. The number of nitriles is 1. The van der Waals surface area contributed by atoms with E-state index in [2.05, 4.69) is 15.8 Å². The van der Waals surface area contributed by atoms with Crippen molar-refractivity contribution in [3.8, 4) is 17.6 Å². The summed E-state index contributed by atoms with van der Waals surface area (Å²) >= 11 is 0. The maximum absolute atomic E-state index is 12.3. The number of imidazole rings is 1. The van der Waals surface area contributed by atoms with Crippen molar-refractivity contribution in [2.75, 3.05) is 0 Å². The molecular formula is C24H18F3N3O2. The minimum Gasteiger partial charge on any atom is -0.486 e. The van der Waals surface area contributed by atoms with Crippen molar-refractivity contribution >= 4 is 11.0 Å². The number of fused-ring (bicyclic) bond motifs is 1. The molecule has 1 heterocycles.